The first kappa shape index (κ1) is 21.6. The third-order valence-corrected chi connectivity index (χ3v) is 4.48. The summed E-state index contributed by atoms with van der Waals surface area (Å²) in [6.45, 7) is 5.91. The van der Waals surface area contributed by atoms with E-state index in [1.165, 1.54) is 12.1 Å². The summed E-state index contributed by atoms with van der Waals surface area (Å²) in [5.41, 5.74) is 2.71. The largest absolute Gasteiger partial charge is 0.478 e. The molecule has 0 saturated carbocycles. The quantitative estimate of drug-likeness (QED) is 0.616. The topological polar surface area (TPSA) is 95.9 Å². The third-order valence-electron chi connectivity index (χ3n) is 4.48. The van der Waals surface area contributed by atoms with E-state index in [0.717, 1.165) is 16.7 Å². The van der Waals surface area contributed by atoms with Gasteiger partial charge in [0, 0.05) is 0 Å². The molecule has 2 rings (SSSR count). The minimum atomic E-state index is -0.984. The van der Waals surface area contributed by atoms with Crippen LogP contribution in [0.1, 0.15) is 53.9 Å². The van der Waals surface area contributed by atoms with Crippen molar-refractivity contribution < 1.29 is 24.5 Å². The van der Waals surface area contributed by atoms with Crippen LogP contribution in [0, 0.1) is 5.92 Å². The van der Waals surface area contributed by atoms with E-state index in [4.69, 9.17) is 9.84 Å². The highest BCUT2D eigenvalue weighted by atomic mass is 16.5. The summed E-state index contributed by atoms with van der Waals surface area (Å²) in [5, 5.41) is 21.1. The van der Waals surface area contributed by atoms with Gasteiger partial charge in [0.1, 0.15) is 6.10 Å². The van der Waals surface area contributed by atoms with Gasteiger partial charge in [-0.05, 0) is 41.7 Å². The van der Waals surface area contributed by atoms with Crippen molar-refractivity contribution in [2.45, 2.75) is 46.1 Å². The molecule has 0 aliphatic heterocycles. The van der Waals surface area contributed by atoms with Gasteiger partial charge in [-0.3, -0.25) is 4.79 Å². The predicted octanol–water partition coefficient (Wildman–Crippen LogP) is 3.30. The van der Waals surface area contributed by atoms with Crippen molar-refractivity contribution in [2.75, 3.05) is 0 Å². The Balaban J connectivity index is 2.00. The summed E-state index contributed by atoms with van der Waals surface area (Å²) in [6.07, 6.45) is -0.626. The fraction of sp³-hybridized carbons (Fsp3) is 0.364. The number of amides is 1. The SMILES string of the molecule is CC(NC(=O)C(OCc1cccc(CO)c1)C(C)C)c1ccc(C(=O)O)cc1. The second-order valence-corrected chi connectivity index (χ2v) is 7.11. The van der Waals surface area contributed by atoms with E-state index in [2.05, 4.69) is 5.32 Å². The highest BCUT2D eigenvalue weighted by Crippen LogP contribution is 2.17. The molecule has 2 aromatic rings. The fourth-order valence-electron chi connectivity index (χ4n) is 2.87. The van der Waals surface area contributed by atoms with Crippen LogP contribution in [-0.2, 0) is 22.7 Å². The van der Waals surface area contributed by atoms with Gasteiger partial charge in [-0.15, -0.1) is 0 Å². The van der Waals surface area contributed by atoms with Crippen molar-refractivity contribution in [3.8, 4) is 0 Å². The highest BCUT2D eigenvalue weighted by molar-refractivity contribution is 5.87. The molecule has 2 unspecified atom stereocenters. The second-order valence-electron chi connectivity index (χ2n) is 7.11. The van der Waals surface area contributed by atoms with Crippen molar-refractivity contribution in [1.82, 2.24) is 5.32 Å². The summed E-state index contributed by atoms with van der Waals surface area (Å²) in [7, 11) is 0. The molecular formula is C22H27NO5. The van der Waals surface area contributed by atoms with Crippen LogP contribution in [0.4, 0.5) is 0 Å². The van der Waals surface area contributed by atoms with Crippen molar-refractivity contribution in [3.63, 3.8) is 0 Å². The van der Waals surface area contributed by atoms with Crippen LogP contribution in [0.3, 0.4) is 0 Å². The molecule has 28 heavy (non-hydrogen) atoms. The molecule has 150 valence electrons. The summed E-state index contributed by atoms with van der Waals surface area (Å²) in [5.74, 6) is -1.23. The summed E-state index contributed by atoms with van der Waals surface area (Å²) in [4.78, 5) is 23.7. The molecule has 0 aliphatic rings. The fourth-order valence-corrected chi connectivity index (χ4v) is 2.87. The molecule has 0 heterocycles. The number of carbonyl (C=O) groups is 2. The van der Waals surface area contributed by atoms with Crippen molar-refractivity contribution >= 4 is 11.9 Å². The van der Waals surface area contributed by atoms with E-state index in [1.54, 1.807) is 12.1 Å². The molecule has 6 nitrogen and oxygen atoms in total. The normalized spacial score (nSPS) is 13.2. The Bertz CT molecular complexity index is 801. The molecule has 0 aromatic heterocycles. The number of carbonyl (C=O) groups excluding carboxylic acids is 1. The lowest BCUT2D eigenvalue weighted by atomic mass is 10.0. The van der Waals surface area contributed by atoms with Gasteiger partial charge in [-0.1, -0.05) is 50.2 Å². The maximum Gasteiger partial charge on any atom is 0.335 e. The van der Waals surface area contributed by atoms with E-state index in [1.807, 2.05) is 45.0 Å². The van der Waals surface area contributed by atoms with E-state index in [9.17, 15) is 14.7 Å². The minimum Gasteiger partial charge on any atom is -0.478 e. The Morgan fingerprint density at radius 2 is 1.68 bits per heavy atom. The number of hydrogen-bond donors (Lipinski definition) is 3. The van der Waals surface area contributed by atoms with E-state index < -0.39 is 12.1 Å². The molecule has 0 spiro atoms. The molecular weight excluding hydrogens is 358 g/mol. The lowest BCUT2D eigenvalue weighted by Crippen LogP contribution is -2.40. The molecule has 0 fully saturated rings. The zero-order valence-corrected chi connectivity index (χ0v) is 16.4. The van der Waals surface area contributed by atoms with Gasteiger partial charge in [-0.2, -0.15) is 0 Å². The zero-order valence-electron chi connectivity index (χ0n) is 16.4. The number of hydrogen-bond acceptors (Lipinski definition) is 4. The summed E-state index contributed by atoms with van der Waals surface area (Å²) >= 11 is 0. The van der Waals surface area contributed by atoms with Crippen molar-refractivity contribution in [3.05, 3.63) is 70.8 Å². The van der Waals surface area contributed by atoms with Crippen LogP contribution in [-0.4, -0.2) is 28.2 Å². The number of carboxylic acids is 1. The molecule has 2 aromatic carbocycles. The van der Waals surface area contributed by atoms with Gasteiger partial charge in [0.05, 0.1) is 24.8 Å². The van der Waals surface area contributed by atoms with Gasteiger partial charge >= 0.3 is 5.97 Å². The van der Waals surface area contributed by atoms with E-state index in [-0.39, 0.29) is 36.6 Å². The van der Waals surface area contributed by atoms with Crippen LogP contribution >= 0.6 is 0 Å². The lowest BCUT2D eigenvalue weighted by Gasteiger charge is -2.24. The number of nitrogens with one attached hydrogen (secondary N) is 1. The zero-order chi connectivity index (χ0) is 20.7. The molecule has 6 heteroatoms. The molecule has 1 amide bonds. The number of aliphatic hydroxyl groups is 1. The van der Waals surface area contributed by atoms with Crippen LogP contribution in [0.2, 0.25) is 0 Å². The van der Waals surface area contributed by atoms with Crippen molar-refractivity contribution in [2.24, 2.45) is 5.92 Å². The Hall–Kier alpha value is -2.70. The lowest BCUT2D eigenvalue weighted by molar-refractivity contribution is -0.137. The number of benzene rings is 2. The summed E-state index contributed by atoms with van der Waals surface area (Å²) in [6, 6.07) is 13.6. The standard InChI is InChI=1S/C22H27NO5/c1-14(2)20(28-13-17-6-4-5-16(11-17)12-24)21(25)23-15(3)18-7-9-19(10-8-18)22(26)27/h4-11,14-15,20,24H,12-13H2,1-3H3,(H,23,25)(H,26,27). The number of aliphatic hydroxyl groups excluding tert-OH is 1. The maximum atomic E-state index is 12.7. The molecule has 0 aliphatic carbocycles. The third kappa shape index (κ3) is 5.90. The highest BCUT2D eigenvalue weighted by Gasteiger charge is 2.24. The number of rotatable bonds is 9. The van der Waals surface area contributed by atoms with Gasteiger partial charge in [0.25, 0.3) is 0 Å². The number of carboxylic acid groups (broad SMARTS) is 1. The predicted molar refractivity (Wildman–Crippen MR) is 106 cm³/mol. The van der Waals surface area contributed by atoms with Gasteiger partial charge < -0.3 is 20.3 Å². The second kappa shape index (κ2) is 10.0. The van der Waals surface area contributed by atoms with Gasteiger partial charge in [-0.25, -0.2) is 4.79 Å². The average Bonchev–Trinajstić information content (AvgIpc) is 2.68. The Labute approximate surface area is 165 Å². The maximum absolute atomic E-state index is 12.7. The van der Waals surface area contributed by atoms with Crippen LogP contribution in [0.5, 0.6) is 0 Å². The Morgan fingerprint density at radius 1 is 1.04 bits per heavy atom. The molecule has 0 saturated heterocycles. The van der Waals surface area contributed by atoms with Crippen LogP contribution in [0.15, 0.2) is 48.5 Å². The van der Waals surface area contributed by atoms with Crippen LogP contribution in [0.25, 0.3) is 0 Å². The van der Waals surface area contributed by atoms with Gasteiger partial charge in [0.15, 0.2) is 0 Å². The molecule has 3 N–H and O–H groups in total. The van der Waals surface area contributed by atoms with Gasteiger partial charge in [0.2, 0.25) is 5.91 Å². The number of ether oxygens (including phenoxy) is 1. The van der Waals surface area contributed by atoms with Crippen molar-refractivity contribution in [1.29, 1.82) is 0 Å². The van der Waals surface area contributed by atoms with Crippen LogP contribution < -0.4 is 5.32 Å². The first-order valence-electron chi connectivity index (χ1n) is 9.25. The Morgan fingerprint density at radius 3 is 2.25 bits per heavy atom. The average molecular weight is 385 g/mol. The Kier molecular flexibility index (Phi) is 7.72. The van der Waals surface area contributed by atoms with E-state index >= 15 is 0 Å². The molecule has 0 radical (unpaired) electrons. The smallest absolute Gasteiger partial charge is 0.335 e. The minimum absolute atomic E-state index is 0.0254. The number of aromatic carboxylic acids is 1. The molecule has 0 bridgehead atoms. The summed E-state index contributed by atoms with van der Waals surface area (Å²) < 4.78 is 5.87. The monoisotopic (exact) mass is 385 g/mol. The molecule has 2 atom stereocenters. The first-order chi connectivity index (χ1) is 13.3. The first-order valence-corrected chi connectivity index (χ1v) is 9.25. The van der Waals surface area contributed by atoms with E-state index in [0.29, 0.717) is 0 Å².